The molecule has 0 saturated carbocycles. The fourth-order valence-electron chi connectivity index (χ4n) is 8.97. The van der Waals surface area contributed by atoms with Gasteiger partial charge in [0.15, 0.2) is 11.6 Å². The number of unbranched alkanes of at least 4 members (excludes halogenated alkanes) is 22. The lowest BCUT2D eigenvalue weighted by atomic mass is 9.83. The topological polar surface area (TPSA) is 0 Å². The summed E-state index contributed by atoms with van der Waals surface area (Å²) in [6, 6.07) is 12.0. The summed E-state index contributed by atoms with van der Waals surface area (Å²) in [5.41, 5.74) is 2.16. The number of hydrogen-bond donors (Lipinski definition) is 0. The summed E-state index contributed by atoms with van der Waals surface area (Å²) in [6.07, 6.45) is 34.2. The Hall–Kier alpha value is -1.82. The predicted molar refractivity (Wildman–Crippen MR) is 280 cm³/mol. The normalized spacial score (nSPS) is 12.9. The van der Waals surface area contributed by atoms with Crippen molar-refractivity contribution in [1.82, 2.24) is 0 Å². The highest BCUT2D eigenvalue weighted by Gasteiger charge is 2.33. The lowest BCUT2D eigenvalue weighted by molar-refractivity contribution is 0.527. The first-order valence-corrected chi connectivity index (χ1v) is 29.8. The van der Waals surface area contributed by atoms with E-state index in [4.69, 9.17) is 0 Å². The minimum atomic E-state index is -0.773. The first kappa shape index (κ1) is 51.6. The van der Waals surface area contributed by atoms with E-state index in [1.165, 1.54) is 198 Å². The van der Waals surface area contributed by atoms with Crippen molar-refractivity contribution in [3.8, 4) is 29.3 Å². The van der Waals surface area contributed by atoms with Crippen LogP contribution in [0.2, 0.25) is 0 Å². The van der Waals surface area contributed by atoms with Crippen LogP contribution in [0.15, 0.2) is 36.4 Å². The molecule has 0 spiro atoms. The number of aryl methyl sites for hydroxylation is 2. The van der Waals surface area contributed by atoms with E-state index < -0.39 is 27.3 Å². The standard InChI is InChI=1S/C54H72F4S6/c1-5-8-10-12-14-16-18-20-22-24-26-28-30-38-32-42(43-34-40(55)52(57)62-43)61-50(38)46-36-44-45(59-46)37-47(60-44)51-39(31-29-27-25-23-21-19-17-15-13-11-9-6-2)33-48(63-51)54(4,7-3)49-35-41(56)53(58)64-49/h32-37H,5-31H2,1-4H3. The lowest BCUT2D eigenvalue weighted by Crippen LogP contribution is -2.19. The summed E-state index contributed by atoms with van der Waals surface area (Å²) in [5, 5.41) is -1.48. The van der Waals surface area contributed by atoms with Crippen molar-refractivity contribution >= 4 is 77.4 Å². The van der Waals surface area contributed by atoms with E-state index in [0.29, 0.717) is 4.88 Å². The van der Waals surface area contributed by atoms with Gasteiger partial charge < -0.3 is 0 Å². The van der Waals surface area contributed by atoms with Crippen LogP contribution in [-0.4, -0.2) is 0 Å². The van der Waals surface area contributed by atoms with Gasteiger partial charge in [-0.3, -0.25) is 0 Å². The van der Waals surface area contributed by atoms with Gasteiger partial charge >= 0.3 is 0 Å². The molecule has 0 N–H and O–H groups in total. The predicted octanol–water partition coefficient (Wildman–Crippen LogP) is 22.0. The zero-order valence-electron chi connectivity index (χ0n) is 39.0. The van der Waals surface area contributed by atoms with Gasteiger partial charge in [0.2, 0.25) is 10.3 Å². The third-order valence-electron chi connectivity index (χ3n) is 13.2. The van der Waals surface area contributed by atoms with Gasteiger partial charge in [-0.25, -0.2) is 8.78 Å². The molecule has 6 aromatic heterocycles. The largest absolute Gasteiger partial charge is 0.212 e. The Bertz CT molecular complexity index is 2190. The van der Waals surface area contributed by atoms with Gasteiger partial charge in [-0.05, 0) is 86.6 Å². The van der Waals surface area contributed by atoms with E-state index in [0.717, 1.165) is 64.5 Å². The molecule has 10 heteroatoms. The highest BCUT2D eigenvalue weighted by Crippen LogP contribution is 2.51. The number of thiophene rings is 6. The average molecular weight is 990 g/mol. The first-order chi connectivity index (χ1) is 31.1. The van der Waals surface area contributed by atoms with Crippen molar-refractivity contribution in [3.63, 3.8) is 0 Å². The maximum Gasteiger partial charge on any atom is 0.212 e. The van der Waals surface area contributed by atoms with E-state index in [-0.39, 0.29) is 0 Å². The molecule has 0 saturated heterocycles. The van der Waals surface area contributed by atoms with Crippen LogP contribution in [-0.2, 0) is 18.3 Å². The van der Waals surface area contributed by atoms with Gasteiger partial charge in [0.05, 0.1) is 4.88 Å². The molecule has 6 aromatic rings. The Kier molecular flexibility index (Phi) is 21.5. The monoisotopic (exact) mass is 988 g/mol. The van der Waals surface area contributed by atoms with Gasteiger partial charge in [0.25, 0.3) is 0 Å². The molecule has 6 heterocycles. The van der Waals surface area contributed by atoms with E-state index in [1.54, 1.807) is 22.7 Å². The van der Waals surface area contributed by atoms with Crippen molar-refractivity contribution in [3.05, 3.63) is 79.2 Å². The summed E-state index contributed by atoms with van der Waals surface area (Å²) in [4.78, 5) is 8.51. The zero-order valence-corrected chi connectivity index (χ0v) is 43.9. The zero-order chi connectivity index (χ0) is 45.3. The number of halogens is 4. The van der Waals surface area contributed by atoms with Gasteiger partial charge in [-0.1, -0.05) is 162 Å². The molecule has 64 heavy (non-hydrogen) atoms. The van der Waals surface area contributed by atoms with Crippen molar-refractivity contribution < 1.29 is 17.6 Å². The number of hydrogen-bond acceptors (Lipinski definition) is 6. The third-order valence-corrected chi connectivity index (χ3v) is 20.7. The molecular formula is C54H72F4S6. The van der Waals surface area contributed by atoms with Crippen molar-refractivity contribution in [2.45, 2.75) is 206 Å². The van der Waals surface area contributed by atoms with Crippen LogP contribution in [0.5, 0.6) is 0 Å². The Morgan fingerprint density at radius 2 is 0.766 bits per heavy atom. The van der Waals surface area contributed by atoms with Crippen LogP contribution < -0.4 is 0 Å². The van der Waals surface area contributed by atoms with Crippen LogP contribution >= 0.6 is 68.0 Å². The fourth-order valence-corrected chi connectivity index (χ4v) is 16.2. The van der Waals surface area contributed by atoms with Crippen molar-refractivity contribution in [2.24, 2.45) is 0 Å². The maximum absolute atomic E-state index is 14.4. The number of fused-ring (bicyclic) bond motifs is 1. The summed E-state index contributed by atoms with van der Waals surface area (Å²) in [7, 11) is 0. The summed E-state index contributed by atoms with van der Waals surface area (Å²) < 4.78 is 59.8. The van der Waals surface area contributed by atoms with Gasteiger partial charge in [-0.2, -0.15) is 8.78 Å². The fraction of sp³-hybridized carbons (Fsp3) is 0.593. The molecule has 0 radical (unpaired) electrons. The molecule has 0 amide bonds. The molecule has 0 aliphatic carbocycles. The SMILES string of the molecule is CCCCCCCCCCCCCCc1cc(-c2cc(F)c(F)s2)sc1-c1cc2sc(-c3sc(C(C)(CC)c4cc(F)c(F)s4)cc3CCCCCCCCCCCCCC)cc2s1. The summed E-state index contributed by atoms with van der Waals surface area (Å²) in [5.74, 6) is -1.53. The van der Waals surface area contributed by atoms with Gasteiger partial charge in [-0.15, -0.1) is 68.0 Å². The minimum Gasteiger partial charge on any atom is -0.203 e. The minimum absolute atomic E-state index is 0.471. The molecule has 0 aliphatic rings. The highest BCUT2D eigenvalue weighted by molar-refractivity contribution is 7.34. The van der Waals surface area contributed by atoms with E-state index in [1.807, 2.05) is 22.7 Å². The Morgan fingerprint density at radius 1 is 0.375 bits per heavy atom. The Morgan fingerprint density at radius 3 is 1.19 bits per heavy atom. The van der Waals surface area contributed by atoms with Gasteiger partial charge in [0, 0.05) is 49.0 Å². The van der Waals surface area contributed by atoms with Crippen LogP contribution in [0.25, 0.3) is 38.7 Å². The third kappa shape index (κ3) is 14.4. The van der Waals surface area contributed by atoms with E-state index in [2.05, 4.69) is 52.0 Å². The smallest absolute Gasteiger partial charge is 0.203 e. The highest BCUT2D eigenvalue weighted by atomic mass is 32.1. The van der Waals surface area contributed by atoms with Crippen molar-refractivity contribution in [2.75, 3.05) is 0 Å². The molecule has 1 unspecified atom stereocenters. The summed E-state index contributed by atoms with van der Waals surface area (Å²) in [6.45, 7) is 8.81. The number of rotatable bonds is 32. The molecule has 0 fully saturated rings. The average Bonchev–Trinajstić information content (AvgIpc) is 4.15. The van der Waals surface area contributed by atoms with E-state index >= 15 is 0 Å². The van der Waals surface area contributed by atoms with Crippen LogP contribution in [0, 0.1) is 21.9 Å². The second-order valence-electron chi connectivity index (χ2n) is 18.3. The Labute approximate surface area is 407 Å². The second-order valence-corrected chi connectivity index (χ2v) is 24.6. The molecule has 1 atom stereocenters. The maximum atomic E-state index is 14.4. The first-order valence-electron chi connectivity index (χ1n) is 24.9. The van der Waals surface area contributed by atoms with Crippen LogP contribution in [0.1, 0.15) is 209 Å². The van der Waals surface area contributed by atoms with Crippen molar-refractivity contribution in [1.29, 1.82) is 0 Å². The molecule has 0 aliphatic heterocycles. The molecule has 0 nitrogen and oxygen atoms in total. The molecule has 0 aromatic carbocycles. The second kappa shape index (κ2) is 26.7. The van der Waals surface area contributed by atoms with Crippen LogP contribution in [0.3, 0.4) is 0 Å². The molecule has 0 bridgehead atoms. The molecule has 6 rings (SSSR count). The molecular weight excluding hydrogens is 917 g/mol. The quantitative estimate of drug-likeness (QED) is 0.0292. The lowest BCUT2D eigenvalue weighted by Gasteiger charge is -2.25. The van der Waals surface area contributed by atoms with Gasteiger partial charge in [0.1, 0.15) is 0 Å². The van der Waals surface area contributed by atoms with Crippen LogP contribution in [0.4, 0.5) is 17.6 Å². The van der Waals surface area contributed by atoms with E-state index in [9.17, 15) is 17.6 Å². The summed E-state index contributed by atoms with van der Waals surface area (Å²) >= 11 is 8.97. The molecule has 352 valence electrons. The Balaban J connectivity index is 1.15.